The van der Waals surface area contributed by atoms with Crippen LogP contribution in [0.2, 0.25) is 0 Å². The number of carbonyl (C=O) groups is 2. The number of halogens is 2. The molecule has 0 heterocycles. The molecule has 0 fully saturated rings. The van der Waals surface area contributed by atoms with E-state index in [-0.39, 0.29) is 0 Å². The molecule has 0 aromatic heterocycles. The van der Waals surface area contributed by atoms with Crippen LogP contribution in [-0.4, -0.2) is 10.9 Å². The Balaban J connectivity index is -0.000000117. The first kappa shape index (κ1) is 17.8. The summed E-state index contributed by atoms with van der Waals surface area (Å²) >= 11 is 8.16. The minimum absolute atomic E-state index is 1.31. The van der Waals surface area contributed by atoms with Gasteiger partial charge in [0.05, 0.1) is 12.5 Å². The summed E-state index contributed by atoms with van der Waals surface area (Å²) in [5, 5.41) is 17.3. The molecule has 0 aliphatic carbocycles. The SMILES string of the molecule is C=COC=C.O=C([O-])Cl.O=C([O-])Cl. The molecule has 0 bridgehead atoms. The molecule has 76 valence electrons. The lowest BCUT2D eigenvalue weighted by molar-refractivity contribution is -0.234. The molecule has 0 saturated carbocycles. The second kappa shape index (κ2) is 17.0. The highest BCUT2D eigenvalue weighted by Gasteiger charge is 1.51. The van der Waals surface area contributed by atoms with Gasteiger partial charge in [-0.2, -0.15) is 0 Å². The van der Waals surface area contributed by atoms with Crippen molar-refractivity contribution in [3.8, 4) is 0 Å². The fourth-order valence-electron chi connectivity index (χ4n) is 0.0680. The van der Waals surface area contributed by atoms with Crippen LogP contribution >= 0.6 is 23.2 Å². The molecular weight excluding hydrogens is 223 g/mol. The number of hydrogen-bond acceptors (Lipinski definition) is 5. The van der Waals surface area contributed by atoms with E-state index in [1.807, 2.05) is 0 Å². The molecule has 0 aromatic rings. The summed E-state index contributed by atoms with van der Waals surface area (Å²) < 4.78 is 4.36. The zero-order chi connectivity index (χ0) is 11.3. The summed E-state index contributed by atoms with van der Waals surface area (Å²) in [5.74, 6) is 0. The normalized spacial score (nSPS) is 6.00. The lowest BCUT2D eigenvalue weighted by atomic mass is 11.1. The van der Waals surface area contributed by atoms with E-state index in [4.69, 9.17) is 19.8 Å². The second-order valence-electron chi connectivity index (χ2n) is 0.945. The van der Waals surface area contributed by atoms with Gasteiger partial charge < -0.3 is 24.5 Å². The monoisotopic (exact) mass is 228 g/mol. The van der Waals surface area contributed by atoms with Crippen molar-refractivity contribution in [2.45, 2.75) is 0 Å². The summed E-state index contributed by atoms with van der Waals surface area (Å²) in [6, 6.07) is 0. The van der Waals surface area contributed by atoms with Gasteiger partial charge in [-0.25, -0.2) is 0 Å². The molecular formula is C6H6Cl2O5-2. The quantitative estimate of drug-likeness (QED) is 0.505. The third kappa shape index (κ3) is 1310. The summed E-state index contributed by atoms with van der Waals surface area (Å²) in [6.45, 7) is 6.51. The second-order valence-corrected chi connectivity index (χ2v) is 1.56. The van der Waals surface area contributed by atoms with Gasteiger partial charge in [-0.05, 0) is 0 Å². The van der Waals surface area contributed by atoms with Crippen LogP contribution in [0.3, 0.4) is 0 Å². The van der Waals surface area contributed by atoms with E-state index in [9.17, 15) is 0 Å². The Kier molecular flexibility index (Phi) is 23.3. The highest BCUT2D eigenvalue weighted by Crippen LogP contribution is 1.65. The summed E-state index contributed by atoms with van der Waals surface area (Å²) in [7, 11) is 0. The standard InChI is InChI=1S/C4H6O.2CHClO2/c1-3-5-4-2;2*2-1(3)4/h3-4H,1-2H2;2*(H,3,4)/p-2. The largest absolute Gasteiger partial charge is 0.534 e. The molecule has 5 nitrogen and oxygen atoms in total. The van der Waals surface area contributed by atoms with Crippen molar-refractivity contribution in [3.05, 3.63) is 25.7 Å². The van der Waals surface area contributed by atoms with E-state index >= 15 is 0 Å². The predicted molar refractivity (Wildman–Crippen MR) is 44.0 cm³/mol. The number of carbonyl (C=O) groups excluding carboxylic acids is 2. The van der Waals surface area contributed by atoms with Crippen molar-refractivity contribution in [1.82, 2.24) is 0 Å². The molecule has 0 radical (unpaired) electrons. The van der Waals surface area contributed by atoms with Crippen molar-refractivity contribution in [2.24, 2.45) is 0 Å². The number of rotatable bonds is 2. The third-order valence-electron chi connectivity index (χ3n) is 0.192. The minimum atomic E-state index is -1.61. The Morgan fingerprint density at radius 2 is 1.23 bits per heavy atom. The van der Waals surface area contributed by atoms with Crippen LogP contribution in [0.4, 0.5) is 9.59 Å². The number of ether oxygens (including phenoxy) is 1. The fraction of sp³-hybridized carbons (Fsp3) is 0. The van der Waals surface area contributed by atoms with Gasteiger partial charge in [-0.1, -0.05) is 36.4 Å². The van der Waals surface area contributed by atoms with Crippen LogP contribution in [-0.2, 0) is 4.74 Å². The third-order valence-corrected chi connectivity index (χ3v) is 0.192. The van der Waals surface area contributed by atoms with Gasteiger partial charge in [0.1, 0.15) is 10.9 Å². The smallest absolute Gasteiger partial charge is 0.134 e. The van der Waals surface area contributed by atoms with Gasteiger partial charge in [-0.3, -0.25) is 0 Å². The Hall–Kier alpha value is -1.20. The van der Waals surface area contributed by atoms with Gasteiger partial charge in [0, 0.05) is 0 Å². The molecule has 0 amide bonds. The molecule has 7 heteroatoms. The maximum Gasteiger partial charge on any atom is 0.134 e. The first-order valence-corrected chi connectivity index (χ1v) is 3.24. The Morgan fingerprint density at radius 3 is 1.23 bits per heavy atom. The van der Waals surface area contributed by atoms with Gasteiger partial charge in [-0.15, -0.1) is 0 Å². The van der Waals surface area contributed by atoms with E-state index in [1.54, 1.807) is 0 Å². The predicted octanol–water partition coefficient (Wildman–Crippen LogP) is 0.427. The van der Waals surface area contributed by atoms with E-state index in [0.717, 1.165) is 0 Å². The van der Waals surface area contributed by atoms with E-state index in [0.29, 0.717) is 0 Å². The molecule has 13 heavy (non-hydrogen) atoms. The van der Waals surface area contributed by atoms with E-state index in [2.05, 4.69) is 41.1 Å². The average Bonchev–Trinajstić information content (AvgIpc) is 1.86. The topological polar surface area (TPSA) is 89.5 Å². The zero-order valence-corrected chi connectivity index (χ0v) is 7.88. The zero-order valence-electron chi connectivity index (χ0n) is 6.37. The summed E-state index contributed by atoms with van der Waals surface area (Å²) in [4.78, 5) is 17.3. The lowest BCUT2D eigenvalue weighted by Crippen LogP contribution is -2.11. The Bertz CT molecular complexity index is 142. The van der Waals surface area contributed by atoms with Crippen molar-refractivity contribution in [2.75, 3.05) is 0 Å². The molecule has 0 unspecified atom stereocenters. The van der Waals surface area contributed by atoms with Gasteiger partial charge >= 0.3 is 0 Å². The molecule has 0 spiro atoms. The highest BCUT2D eigenvalue weighted by atomic mass is 35.5. The molecule has 0 aliphatic rings. The minimum Gasteiger partial charge on any atom is -0.534 e. The van der Waals surface area contributed by atoms with Crippen molar-refractivity contribution < 1.29 is 24.5 Å². The van der Waals surface area contributed by atoms with E-state index in [1.165, 1.54) is 12.5 Å². The van der Waals surface area contributed by atoms with Crippen LogP contribution in [0, 0.1) is 0 Å². The first-order valence-electron chi connectivity index (χ1n) is 2.48. The van der Waals surface area contributed by atoms with E-state index < -0.39 is 10.9 Å². The van der Waals surface area contributed by atoms with Gasteiger partial charge in [0.15, 0.2) is 0 Å². The maximum atomic E-state index is 8.65. The summed E-state index contributed by atoms with van der Waals surface area (Å²) in [5.41, 5.74) is -3.22. The first-order chi connectivity index (χ1) is 5.88. The molecule has 0 aromatic carbocycles. The molecule has 0 saturated heterocycles. The van der Waals surface area contributed by atoms with Crippen LogP contribution in [0.1, 0.15) is 0 Å². The molecule has 0 aliphatic heterocycles. The van der Waals surface area contributed by atoms with Gasteiger partial charge in [0.25, 0.3) is 0 Å². The molecule has 0 atom stereocenters. The average molecular weight is 229 g/mol. The molecule has 0 N–H and O–H groups in total. The fourth-order valence-corrected chi connectivity index (χ4v) is 0.0680. The van der Waals surface area contributed by atoms with Crippen LogP contribution in [0.15, 0.2) is 25.7 Å². The van der Waals surface area contributed by atoms with Gasteiger partial charge in [0.2, 0.25) is 0 Å². The number of hydrogen-bond donors (Lipinski definition) is 0. The number of carboxylic acid groups (broad SMARTS) is 2. The van der Waals surface area contributed by atoms with Crippen LogP contribution in [0.25, 0.3) is 0 Å². The van der Waals surface area contributed by atoms with Crippen molar-refractivity contribution in [3.63, 3.8) is 0 Å². The summed E-state index contributed by atoms with van der Waals surface area (Å²) in [6.07, 6.45) is 2.62. The van der Waals surface area contributed by atoms with Crippen molar-refractivity contribution in [1.29, 1.82) is 0 Å². The van der Waals surface area contributed by atoms with Crippen molar-refractivity contribution >= 4 is 34.1 Å². The Morgan fingerprint density at radius 1 is 1.08 bits per heavy atom. The maximum absolute atomic E-state index is 8.65. The van der Waals surface area contributed by atoms with Crippen LogP contribution in [0.5, 0.6) is 0 Å². The lowest BCUT2D eigenvalue weighted by Gasteiger charge is -1.76. The molecule has 0 rings (SSSR count). The highest BCUT2D eigenvalue weighted by molar-refractivity contribution is 6.59. The van der Waals surface area contributed by atoms with Crippen LogP contribution < -0.4 is 10.2 Å². The Labute approximate surface area is 84.8 Å².